The summed E-state index contributed by atoms with van der Waals surface area (Å²) in [5.74, 6) is 0.641. The number of aliphatic hydroxyl groups is 1. The highest BCUT2D eigenvalue weighted by atomic mass is 16.3. The minimum Gasteiger partial charge on any atom is -0.393 e. The maximum atomic E-state index is 10.2. The zero-order valence-electron chi connectivity index (χ0n) is 11.8. The number of aliphatic hydroxyl groups excluding tert-OH is 1. The molecular weight excluding hydrogens is 212 g/mol. The van der Waals surface area contributed by atoms with Gasteiger partial charge in [-0.1, -0.05) is 26.7 Å². The monoisotopic (exact) mass is 238 g/mol. The maximum absolute atomic E-state index is 10.2. The minimum absolute atomic E-state index is 0.235. The van der Waals surface area contributed by atoms with Crippen molar-refractivity contribution in [3.8, 4) is 0 Å². The molecule has 0 radical (unpaired) electrons. The molecule has 0 aliphatic rings. The second-order valence-corrected chi connectivity index (χ2v) is 5.05. The number of aromatic nitrogens is 2. The first-order valence-electron chi connectivity index (χ1n) is 6.66. The molecule has 1 N–H and O–H groups in total. The lowest BCUT2D eigenvalue weighted by molar-refractivity contribution is 0.139. The third kappa shape index (κ3) is 3.56. The number of nitrogens with zero attached hydrogens (tertiary/aromatic N) is 2. The van der Waals surface area contributed by atoms with Crippen molar-refractivity contribution in [1.82, 2.24) is 9.78 Å². The molecule has 1 aromatic rings. The molecule has 0 spiro atoms. The molecule has 1 rings (SSSR count). The highest BCUT2D eigenvalue weighted by molar-refractivity contribution is 5.25. The second-order valence-electron chi connectivity index (χ2n) is 5.05. The normalized spacial score (nSPS) is 13.4. The Labute approximate surface area is 105 Å². The maximum Gasteiger partial charge on any atom is 0.0629 e. The molecule has 3 heteroatoms. The van der Waals surface area contributed by atoms with Crippen molar-refractivity contribution in [2.24, 2.45) is 13.0 Å². The van der Waals surface area contributed by atoms with Gasteiger partial charge < -0.3 is 5.11 Å². The summed E-state index contributed by atoms with van der Waals surface area (Å²) in [5.41, 5.74) is 3.44. The van der Waals surface area contributed by atoms with Crippen LogP contribution in [-0.2, 0) is 13.5 Å². The molecule has 1 unspecified atom stereocenters. The van der Waals surface area contributed by atoms with Gasteiger partial charge in [0.25, 0.3) is 0 Å². The predicted octanol–water partition coefficient (Wildman–Crippen LogP) is 2.77. The Morgan fingerprint density at radius 1 is 1.24 bits per heavy atom. The van der Waals surface area contributed by atoms with Crippen LogP contribution in [0, 0.1) is 19.8 Å². The van der Waals surface area contributed by atoms with E-state index in [1.54, 1.807) is 0 Å². The van der Waals surface area contributed by atoms with Crippen LogP contribution in [0.2, 0.25) is 0 Å². The van der Waals surface area contributed by atoms with Crippen molar-refractivity contribution in [2.75, 3.05) is 0 Å². The SMILES string of the molecule is CCC(CC)CC(O)Cc1c(C)nn(C)c1C. The van der Waals surface area contributed by atoms with Crippen LogP contribution in [0.5, 0.6) is 0 Å². The van der Waals surface area contributed by atoms with Gasteiger partial charge in [-0.25, -0.2) is 0 Å². The molecule has 0 saturated carbocycles. The van der Waals surface area contributed by atoms with E-state index < -0.39 is 0 Å². The summed E-state index contributed by atoms with van der Waals surface area (Å²) in [4.78, 5) is 0. The topological polar surface area (TPSA) is 38.1 Å². The molecule has 0 amide bonds. The Kier molecular flexibility index (Phi) is 5.19. The van der Waals surface area contributed by atoms with Crippen molar-refractivity contribution in [3.63, 3.8) is 0 Å². The Bertz CT molecular complexity index is 353. The highest BCUT2D eigenvalue weighted by Gasteiger charge is 2.16. The van der Waals surface area contributed by atoms with Crippen molar-refractivity contribution in [3.05, 3.63) is 17.0 Å². The molecule has 0 aromatic carbocycles. The van der Waals surface area contributed by atoms with Crippen LogP contribution in [0.1, 0.15) is 50.1 Å². The highest BCUT2D eigenvalue weighted by Crippen LogP contribution is 2.20. The molecule has 1 aromatic heterocycles. The average Bonchev–Trinajstić information content (AvgIpc) is 2.53. The van der Waals surface area contributed by atoms with Crippen molar-refractivity contribution in [2.45, 2.75) is 59.5 Å². The van der Waals surface area contributed by atoms with Gasteiger partial charge in [-0.05, 0) is 31.7 Å². The summed E-state index contributed by atoms with van der Waals surface area (Å²) in [6.45, 7) is 8.48. The van der Waals surface area contributed by atoms with Gasteiger partial charge in [-0.2, -0.15) is 5.10 Å². The zero-order valence-corrected chi connectivity index (χ0v) is 11.8. The van der Waals surface area contributed by atoms with E-state index in [0.29, 0.717) is 5.92 Å². The van der Waals surface area contributed by atoms with E-state index in [2.05, 4.69) is 25.9 Å². The fourth-order valence-electron chi connectivity index (χ4n) is 2.44. The van der Waals surface area contributed by atoms with Crippen molar-refractivity contribution >= 4 is 0 Å². The lowest BCUT2D eigenvalue weighted by Gasteiger charge is -2.17. The molecule has 0 saturated heterocycles. The zero-order chi connectivity index (χ0) is 13.0. The van der Waals surface area contributed by atoms with E-state index in [0.717, 1.165) is 31.4 Å². The smallest absolute Gasteiger partial charge is 0.0629 e. The quantitative estimate of drug-likeness (QED) is 0.827. The van der Waals surface area contributed by atoms with E-state index in [4.69, 9.17) is 0 Å². The largest absolute Gasteiger partial charge is 0.393 e. The third-order valence-electron chi connectivity index (χ3n) is 3.86. The molecule has 17 heavy (non-hydrogen) atoms. The molecule has 3 nitrogen and oxygen atoms in total. The van der Waals surface area contributed by atoms with Crippen molar-refractivity contribution < 1.29 is 5.11 Å². The molecule has 0 aliphatic carbocycles. The van der Waals surface area contributed by atoms with Crippen molar-refractivity contribution in [1.29, 1.82) is 0 Å². The molecule has 98 valence electrons. The molecule has 1 atom stereocenters. The summed E-state index contributed by atoms with van der Waals surface area (Å²) >= 11 is 0. The number of rotatable bonds is 6. The van der Waals surface area contributed by atoms with Crippen LogP contribution >= 0.6 is 0 Å². The second kappa shape index (κ2) is 6.20. The number of hydrogen-bond acceptors (Lipinski definition) is 2. The van der Waals surface area contributed by atoms with Gasteiger partial charge in [0.1, 0.15) is 0 Å². The predicted molar refractivity (Wildman–Crippen MR) is 71.1 cm³/mol. The lowest BCUT2D eigenvalue weighted by atomic mass is 9.93. The van der Waals surface area contributed by atoms with Gasteiger partial charge >= 0.3 is 0 Å². The van der Waals surface area contributed by atoms with Crippen LogP contribution in [0.4, 0.5) is 0 Å². The fourth-order valence-corrected chi connectivity index (χ4v) is 2.44. The van der Waals surface area contributed by atoms with Crippen LogP contribution < -0.4 is 0 Å². The van der Waals surface area contributed by atoms with E-state index in [1.165, 1.54) is 11.3 Å². The van der Waals surface area contributed by atoms with Crippen LogP contribution in [0.25, 0.3) is 0 Å². The summed E-state index contributed by atoms with van der Waals surface area (Å²) in [6, 6.07) is 0. The Hall–Kier alpha value is -0.830. The summed E-state index contributed by atoms with van der Waals surface area (Å²) in [7, 11) is 1.96. The third-order valence-corrected chi connectivity index (χ3v) is 3.86. The summed E-state index contributed by atoms with van der Waals surface area (Å²) < 4.78 is 1.90. The Balaban J connectivity index is 2.64. The summed E-state index contributed by atoms with van der Waals surface area (Å²) in [5, 5.41) is 14.5. The standard InChI is InChI=1S/C14H26N2O/c1-6-12(7-2)8-13(17)9-14-10(3)15-16(5)11(14)4/h12-13,17H,6-9H2,1-5H3. The average molecular weight is 238 g/mol. The van der Waals surface area contributed by atoms with Gasteiger partial charge in [0.2, 0.25) is 0 Å². The molecular formula is C14H26N2O. The molecule has 0 bridgehead atoms. The first-order valence-corrected chi connectivity index (χ1v) is 6.66. The van der Waals surface area contributed by atoms with Gasteiger partial charge in [0, 0.05) is 19.2 Å². The van der Waals surface area contributed by atoms with Crippen LogP contribution in [-0.4, -0.2) is 21.0 Å². The van der Waals surface area contributed by atoms with Gasteiger partial charge in [-0.3, -0.25) is 4.68 Å². The fraction of sp³-hybridized carbons (Fsp3) is 0.786. The summed E-state index contributed by atoms with van der Waals surface area (Å²) in [6.07, 6.45) is 3.71. The molecule has 0 fully saturated rings. The van der Waals surface area contributed by atoms with Gasteiger partial charge in [0.15, 0.2) is 0 Å². The molecule has 0 aliphatic heterocycles. The number of hydrogen-bond donors (Lipinski definition) is 1. The first kappa shape index (κ1) is 14.2. The van der Waals surface area contributed by atoms with E-state index >= 15 is 0 Å². The first-order chi connectivity index (χ1) is 7.99. The van der Waals surface area contributed by atoms with Crippen LogP contribution in [0.3, 0.4) is 0 Å². The lowest BCUT2D eigenvalue weighted by Crippen LogP contribution is -2.16. The van der Waals surface area contributed by atoms with Crippen LogP contribution in [0.15, 0.2) is 0 Å². The Morgan fingerprint density at radius 3 is 2.24 bits per heavy atom. The van der Waals surface area contributed by atoms with E-state index in [1.807, 2.05) is 18.7 Å². The Morgan fingerprint density at radius 2 is 1.82 bits per heavy atom. The molecule has 1 heterocycles. The van der Waals surface area contributed by atoms with E-state index in [9.17, 15) is 5.11 Å². The van der Waals surface area contributed by atoms with E-state index in [-0.39, 0.29) is 6.10 Å². The van der Waals surface area contributed by atoms with Gasteiger partial charge in [-0.15, -0.1) is 0 Å². The minimum atomic E-state index is -0.235. The van der Waals surface area contributed by atoms with Gasteiger partial charge in [0.05, 0.1) is 11.8 Å². The number of aryl methyl sites for hydroxylation is 2.